The van der Waals surface area contributed by atoms with Crippen LogP contribution in [0.5, 0.6) is 11.5 Å². The molecule has 0 spiro atoms. The second-order valence-electron chi connectivity index (χ2n) is 6.16. The van der Waals surface area contributed by atoms with Crippen LogP contribution in [0, 0.1) is 5.92 Å². The lowest BCUT2D eigenvalue weighted by atomic mass is 10.1. The van der Waals surface area contributed by atoms with E-state index >= 15 is 0 Å². The van der Waals surface area contributed by atoms with Crippen LogP contribution in [0.3, 0.4) is 0 Å². The van der Waals surface area contributed by atoms with Crippen LogP contribution < -0.4 is 9.47 Å². The molecule has 1 aromatic carbocycles. The minimum Gasteiger partial charge on any atom is -0.497 e. The van der Waals surface area contributed by atoms with E-state index in [0.717, 1.165) is 4.90 Å². The highest BCUT2D eigenvalue weighted by molar-refractivity contribution is 5.81. The Bertz CT molecular complexity index is 692. The van der Waals surface area contributed by atoms with Crippen molar-refractivity contribution in [2.75, 3.05) is 20.3 Å². The predicted molar refractivity (Wildman–Crippen MR) is 92.4 cm³/mol. The van der Waals surface area contributed by atoms with E-state index in [2.05, 4.69) is 0 Å². The molecule has 9 nitrogen and oxygen atoms in total. The van der Waals surface area contributed by atoms with Crippen LogP contribution in [0.15, 0.2) is 24.3 Å². The van der Waals surface area contributed by atoms with Crippen LogP contribution in [0.25, 0.3) is 0 Å². The molecule has 148 valence electrons. The number of likely N-dealkylation sites (tertiary alicyclic amines) is 1. The predicted octanol–water partition coefficient (Wildman–Crippen LogP) is 1.89. The van der Waals surface area contributed by atoms with E-state index in [1.807, 2.05) is 0 Å². The summed E-state index contributed by atoms with van der Waals surface area (Å²) in [6.07, 6.45) is -1.72. The largest absolute Gasteiger partial charge is 0.497 e. The van der Waals surface area contributed by atoms with Crippen LogP contribution >= 0.6 is 0 Å². The molecule has 9 heteroatoms. The van der Waals surface area contributed by atoms with Gasteiger partial charge in [0.05, 0.1) is 13.7 Å². The van der Waals surface area contributed by atoms with Gasteiger partial charge in [-0.1, -0.05) is 6.07 Å². The highest BCUT2D eigenvalue weighted by Crippen LogP contribution is 2.27. The summed E-state index contributed by atoms with van der Waals surface area (Å²) in [7, 11) is 1.55. The molecule has 0 aliphatic carbocycles. The van der Waals surface area contributed by atoms with Crippen molar-refractivity contribution in [3.8, 4) is 11.5 Å². The number of nitrogens with zero attached hydrogens (tertiary/aromatic N) is 1. The van der Waals surface area contributed by atoms with Gasteiger partial charge in [0.25, 0.3) is 0 Å². The van der Waals surface area contributed by atoms with Crippen LogP contribution in [0.1, 0.15) is 20.3 Å². The maximum absolute atomic E-state index is 12.2. The van der Waals surface area contributed by atoms with Gasteiger partial charge in [-0.25, -0.2) is 9.59 Å². The third-order valence-corrected chi connectivity index (χ3v) is 4.03. The third-order valence-electron chi connectivity index (χ3n) is 4.03. The zero-order valence-corrected chi connectivity index (χ0v) is 15.4. The van der Waals surface area contributed by atoms with E-state index in [1.165, 1.54) is 13.8 Å². The van der Waals surface area contributed by atoms with Gasteiger partial charge in [-0.2, -0.15) is 0 Å². The van der Waals surface area contributed by atoms with E-state index in [1.54, 1.807) is 31.4 Å². The van der Waals surface area contributed by atoms with E-state index in [-0.39, 0.29) is 25.5 Å². The molecule has 1 aliphatic heterocycles. The topological polar surface area (TPSA) is 112 Å². The number of carboxylic acid groups (broad SMARTS) is 1. The normalized spacial score (nSPS) is 19.9. The lowest BCUT2D eigenvalue weighted by molar-refractivity contribution is -0.164. The number of esters is 1. The lowest BCUT2D eigenvalue weighted by Gasteiger charge is -2.23. The average Bonchev–Trinajstić information content (AvgIpc) is 3.04. The summed E-state index contributed by atoms with van der Waals surface area (Å²) in [6, 6.07) is 6.02. The molecule has 0 radical (unpaired) electrons. The summed E-state index contributed by atoms with van der Waals surface area (Å²) in [5, 5.41) is 9.39. The Balaban J connectivity index is 1.95. The molecule has 2 rings (SSSR count). The molecule has 0 saturated carbocycles. The second-order valence-corrected chi connectivity index (χ2v) is 6.16. The summed E-state index contributed by atoms with van der Waals surface area (Å²) in [6.45, 7) is 2.97. The van der Waals surface area contributed by atoms with Crippen LogP contribution in [-0.2, 0) is 19.1 Å². The van der Waals surface area contributed by atoms with Crippen molar-refractivity contribution in [1.82, 2.24) is 4.90 Å². The number of carboxylic acids is 1. The van der Waals surface area contributed by atoms with Crippen molar-refractivity contribution >= 4 is 18.0 Å². The molecule has 1 fully saturated rings. The zero-order chi connectivity index (χ0) is 20.0. The highest BCUT2D eigenvalue weighted by atomic mass is 16.7. The molecule has 1 aromatic rings. The maximum atomic E-state index is 12.2. The monoisotopic (exact) mass is 381 g/mol. The quantitative estimate of drug-likeness (QED) is 0.563. The number of ether oxygens (including phenoxy) is 4. The number of rotatable bonds is 7. The molecular weight excluding hydrogens is 358 g/mol. The summed E-state index contributed by atoms with van der Waals surface area (Å²) >= 11 is 0. The van der Waals surface area contributed by atoms with Crippen LogP contribution in [0.2, 0.25) is 0 Å². The number of hydrogen-bond acceptors (Lipinski definition) is 7. The fourth-order valence-corrected chi connectivity index (χ4v) is 2.85. The number of benzene rings is 1. The van der Waals surface area contributed by atoms with Crippen molar-refractivity contribution in [2.45, 2.75) is 32.6 Å². The van der Waals surface area contributed by atoms with Gasteiger partial charge in [0.2, 0.25) is 6.29 Å². The number of carbonyl (C=O) groups excluding carboxylic acids is 2. The van der Waals surface area contributed by atoms with Crippen molar-refractivity contribution in [2.24, 2.45) is 5.92 Å². The smallest absolute Gasteiger partial charge is 0.413 e. The van der Waals surface area contributed by atoms with Gasteiger partial charge in [0.15, 0.2) is 0 Å². The fraction of sp³-hybridized carbons (Fsp3) is 0.500. The molecule has 27 heavy (non-hydrogen) atoms. The van der Waals surface area contributed by atoms with Gasteiger partial charge >= 0.3 is 18.0 Å². The Kier molecular flexibility index (Phi) is 6.86. The van der Waals surface area contributed by atoms with Crippen LogP contribution in [-0.4, -0.2) is 60.6 Å². The molecule has 1 N–H and O–H groups in total. The first-order valence-corrected chi connectivity index (χ1v) is 8.44. The summed E-state index contributed by atoms with van der Waals surface area (Å²) < 4.78 is 20.6. The molecule has 0 unspecified atom stereocenters. The number of methoxy groups -OCH3 is 1. The van der Waals surface area contributed by atoms with E-state index < -0.39 is 30.4 Å². The fourth-order valence-electron chi connectivity index (χ4n) is 2.85. The Morgan fingerprint density at radius 1 is 1.26 bits per heavy atom. The standard InChI is InChI=1S/C18H23NO8/c1-11(20)26-12(2)27-18(23)19-9-13(7-16(19)17(21)22)10-25-15-6-4-5-14(8-15)24-3/h4-6,8,12-13,16H,7,9-10H2,1-3H3,(H,21,22)/t12-,13+,16+/m1/s1. The first-order valence-electron chi connectivity index (χ1n) is 8.44. The molecule has 1 saturated heterocycles. The molecular formula is C18H23NO8. The first kappa shape index (κ1) is 20.3. The summed E-state index contributed by atoms with van der Waals surface area (Å²) in [5.41, 5.74) is 0. The van der Waals surface area contributed by atoms with Gasteiger partial charge in [-0.05, 0) is 18.6 Å². The first-order chi connectivity index (χ1) is 12.8. The third kappa shape index (κ3) is 5.77. The molecule has 1 amide bonds. The average molecular weight is 381 g/mol. The number of hydrogen-bond donors (Lipinski definition) is 1. The van der Waals surface area contributed by atoms with Crippen molar-refractivity contribution in [3.63, 3.8) is 0 Å². The lowest BCUT2D eigenvalue weighted by Crippen LogP contribution is -2.42. The number of amides is 1. The number of aliphatic carboxylic acids is 1. The second kappa shape index (κ2) is 9.11. The van der Waals surface area contributed by atoms with Gasteiger partial charge in [-0.15, -0.1) is 0 Å². The van der Waals surface area contributed by atoms with Gasteiger partial charge < -0.3 is 24.1 Å². The molecule has 0 bridgehead atoms. The number of carbonyl (C=O) groups is 3. The Morgan fingerprint density at radius 2 is 1.96 bits per heavy atom. The van der Waals surface area contributed by atoms with Crippen LogP contribution in [0.4, 0.5) is 4.79 Å². The Labute approximate surface area is 156 Å². The SMILES string of the molecule is COc1cccc(OC[C@H]2C[C@@H](C(=O)O)N(C(=O)O[C@H](C)OC(C)=O)C2)c1. The molecule has 3 atom stereocenters. The van der Waals surface area contributed by atoms with E-state index in [9.17, 15) is 19.5 Å². The minimum absolute atomic E-state index is 0.159. The molecule has 1 aliphatic rings. The highest BCUT2D eigenvalue weighted by Gasteiger charge is 2.41. The summed E-state index contributed by atoms with van der Waals surface area (Å²) in [5.74, 6) is -0.682. The Morgan fingerprint density at radius 3 is 2.59 bits per heavy atom. The van der Waals surface area contributed by atoms with Crippen molar-refractivity contribution in [3.05, 3.63) is 24.3 Å². The van der Waals surface area contributed by atoms with E-state index in [4.69, 9.17) is 18.9 Å². The minimum atomic E-state index is -1.13. The van der Waals surface area contributed by atoms with Gasteiger partial charge in [-0.3, -0.25) is 9.69 Å². The molecule has 1 heterocycles. The Hall–Kier alpha value is -2.97. The van der Waals surface area contributed by atoms with Crippen molar-refractivity contribution in [1.29, 1.82) is 0 Å². The summed E-state index contributed by atoms with van der Waals surface area (Å²) in [4.78, 5) is 35.8. The van der Waals surface area contributed by atoms with Gasteiger partial charge in [0.1, 0.15) is 17.5 Å². The molecule has 0 aromatic heterocycles. The zero-order valence-electron chi connectivity index (χ0n) is 15.4. The van der Waals surface area contributed by atoms with Gasteiger partial charge in [0, 0.05) is 32.4 Å². The van der Waals surface area contributed by atoms with Crippen molar-refractivity contribution < 1.29 is 38.4 Å². The van der Waals surface area contributed by atoms with E-state index in [0.29, 0.717) is 11.5 Å². The maximum Gasteiger partial charge on any atom is 0.413 e.